The minimum atomic E-state index is -3.80. The minimum absolute atomic E-state index is 0.0366. The first-order valence-corrected chi connectivity index (χ1v) is 13.5. The smallest absolute Gasteiger partial charge is 0.289 e. The van der Waals surface area contributed by atoms with Crippen LogP contribution in [-0.4, -0.2) is 75.5 Å². The number of nitrogens with zero attached hydrogens (tertiary/aromatic N) is 3. The Labute approximate surface area is 188 Å². The van der Waals surface area contributed by atoms with Crippen molar-refractivity contribution in [3.63, 3.8) is 0 Å². The van der Waals surface area contributed by atoms with Crippen LogP contribution in [0.25, 0.3) is 0 Å². The van der Waals surface area contributed by atoms with E-state index in [2.05, 4.69) is 6.92 Å². The number of carbonyl (C=O) groups excluding carboxylic acids is 1. The van der Waals surface area contributed by atoms with E-state index in [4.69, 9.17) is 4.42 Å². The average molecular weight is 482 g/mol. The molecule has 2 aliphatic rings. The van der Waals surface area contributed by atoms with Gasteiger partial charge in [0.2, 0.25) is 20.0 Å². The van der Waals surface area contributed by atoms with Gasteiger partial charge in [0, 0.05) is 39.3 Å². The van der Waals surface area contributed by atoms with Crippen LogP contribution in [-0.2, 0) is 20.0 Å². The van der Waals surface area contributed by atoms with Crippen LogP contribution in [0.4, 0.5) is 0 Å². The van der Waals surface area contributed by atoms with E-state index in [9.17, 15) is 21.6 Å². The van der Waals surface area contributed by atoms with Crippen molar-refractivity contribution in [2.75, 3.05) is 39.3 Å². The lowest BCUT2D eigenvalue weighted by molar-refractivity contribution is 0.0666. The monoisotopic (exact) mass is 481 g/mol. The number of carbonyl (C=O) groups is 1. The SMILES string of the molecule is CC1CCN(S(=O)(=O)c2ccc(S(=O)(=O)N3CCN(C(=O)c4ccco4)CC3)cc2)CC1. The highest BCUT2D eigenvalue weighted by Crippen LogP contribution is 2.25. The van der Waals surface area contributed by atoms with Crippen LogP contribution < -0.4 is 0 Å². The summed E-state index contributed by atoms with van der Waals surface area (Å²) in [5, 5.41) is 0. The Balaban J connectivity index is 1.43. The van der Waals surface area contributed by atoms with Crippen molar-refractivity contribution >= 4 is 26.0 Å². The number of furan rings is 1. The van der Waals surface area contributed by atoms with Crippen LogP contribution in [0.15, 0.2) is 56.9 Å². The zero-order valence-electron chi connectivity index (χ0n) is 17.9. The lowest BCUT2D eigenvalue weighted by atomic mass is 10.0. The van der Waals surface area contributed by atoms with Crippen molar-refractivity contribution < 1.29 is 26.0 Å². The third-order valence-corrected chi connectivity index (χ3v) is 9.93. The number of hydrogen-bond donors (Lipinski definition) is 0. The Bertz CT molecular complexity index is 1140. The Kier molecular flexibility index (Phi) is 6.44. The standard InChI is InChI=1S/C21H27N3O6S2/c1-17-8-10-23(11-9-17)31(26,27)18-4-6-19(7-5-18)32(28,29)24-14-12-22(13-15-24)21(25)20-3-2-16-30-20/h2-7,16-17H,8-15H2,1H3. The van der Waals surface area contributed by atoms with Gasteiger partial charge in [0.15, 0.2) is 5.76 Å². The molecule has 174 valence electrons. The van der Waals surface area contributed by atoms with Gasteiger partial charge >= 0.3 is 0 Å². The highest BCUT2D eigenvalue weighted by molar-refractivity contribution is 7.89. The van der Waals surface area contributed by atoms with E-state index in [0.717, 1.165) is 12.8 Å². The molecule has 0 radical (unpaired) electrons. The molecule has 0 saturated carbocycles. The number of piperazine rings is 1. The number of piperidine rings is 1. The van der Waals surface area contributed by atoms with Crippen molar-refractivity contribution in [3.8, 4) is 0 Å². The first kappa shape index (κ1) is 23.0. The minimum Gasteiger partial charge on any atom is -0.459 e. The highest BCUT2D eigenvalue weighted by Gasteiger charge is 2.32. The first-order valence-electron chi connectivity index (χ1n) is 10.6. The predicted octanol–water partition coefficient (Wildman–Crippen LogP) is 1.85. The summed E-state index contributed by atoms with van der Waals surface area (Å²) in [5.41, 5.74) is 0. The maximum Gasteiger partial charge on any atom is 0.289 e. The molecule has 2 aliphatic heterocycles. The van der Waals surface area contributed by atoms with Gasteiger partial charge in [0.05, 0.1) is 16.1 Å². The Morgan fingerprint density at radius 3 is 1.78 bits per heavy atom. The van der Waals surface area contributed by atoms with E-state index >= 15 is 0 Å². The van der Waals surface area contributed by atoms with Gasteiger partial charge in [0.25, 0.3) is 5.91 Å². The Morgan fingerprint density at radius 2 is 1.31 bits per heavy atom. The van der Waals surface area contributed by atoms with Crippen molar-refractivity contribution in [3.05, 3.63) is 48.4 Å². The number of benzene rings is 1. The fraction of sp³-hybridized carbons (Fsp3) is 0.476. The maximum absolute atomic E-state index is 13.0. The van der Waals surface area contributed by atoms with Gasteiger partial charge in [-0.25, -0.2) is 16.8 Å². The van der Waals surface area contributed by atoms with E-state index in [1.54, 1.807) is 17.0 Å². The molecule has 4 rings (SSSR count). The van der Waals surface area contributed by atoms with Gasteiger partial charge in [-0.05, 0) is 55.2 Å². The van der Waals surface area contributed by atoms with Crippen LogP contribution in [0.1, 0.15) is 30.3 Å². The van der Waals surface area contributed by atoms with Gasteiger partial charge in [-0.3, -0.25) is 4.79 Å². The van der Waals surface area contributed by atoms with Crippen LogP contribution in [0, 0.1) is 5.92 Å². The molecule has 2 aromatic rings. The molecule has 0 aliphatic carbocycles. The largest absolute Gasteiger partial charge is 0.459 e. The molecule has 0 spiro atoms. The summed E-state index contributed by atoms with van der Waals surface area (Å²) in [6.45, 7) is 3.87. The fourth-order valence-electron chi connectivity index (χ4n) is 3.99. The van der Waals surface area contributed by atoms with Gasteiger partial charge in [0.1, 0.15) is 0 Å². The van der Waals surface area contributed by atoms with E-state index in [1.165, 1.54) is 39.1 Å². The van der Waals surface area contributed by atoms with Crippen LogP contribution in [0.3, 0.4) is 0 Å². The zero-order valence-corrected chi connectivity index (χ0v) is 19.5. The molecule has 11 heteroatoms. The summed E-state index contributed by atoms with van der Waals surface area (Å²) in [7, 11) is -7.43. The van der Waals surface area contributed by atoms with Crippen molar-refractivity contribution in [2.24, 2.45) is 5.92 Å². The van der Waals surface area contributed by atoms with Crippen molar-refractivity contribution in [1.82, 2.24) is 13.5 Å². The topological polar surface area (TPSA) is 108 Å². The maximum atomic E-state index is 13.0. The number of rotatable bonds is 5. The third-order valence-electron chi connectivity index (χ3n) is 6.10. The van der Waals surface area contributed by atoms with E-state index in [1.807, 2.05) is 0 Å². The highest BCUT2D eigenvalue weighted by atomic mass is 32.2. The molecule has 2 saturated heterocycles. The van der Waals surface area contributed by atoms with Gasteiger partial charge < -0.3 is 9.32 Å². The fourth-order valence-corrected chi connectivity index (χ4v) is 6.89. The molecule has 9 nitrogen and oxygen atoms in total. The second kappa shape index (κ2) is 8.97. The van der Waals surface area contributed by atoms with Crippen LogP contribution in [0.5, 0.6) is 0 Å². The van der Waals surface area contributed by atoms with Crippen molar-refractivity contribution in [1.29, 1.82) is 0 Å². The van der Waals surface area contributed by atoms with E-state index in [-0.39, 0.29) is 47.6 Å². The van der Waals surface area contributed by atoms with Gasteiger partial charge in [-0.2, -0.15) is 8.61 Å². The van der Waals surface area contributed by atoms with E-state index < -0.39 is 20.0 Å². The lowest BCUT2D eigenvalue weighted by Gasteiger charge is -2.33. The summed E-state index contributed by atoms with van der Waals surface area (Å²) >= 11 is 0. The first-order chi connectivity index (χ1) is 15.2. The molecule has 3 heterocycles. The molecular weight excluding hydrogens is 454 g/mol. The zero-order chi connectivity index (χ0) is 22.9. The average Bonchev–Trinajstić information content (AvgIpc) is 3.34. The van der Waals surface area contributed by atoms with E-state index in [0.29, 0.717) is 19.0 Å². The second-order valence-electron chi connectivity index (χ2n) is 8.23. The Morgan fingerprint density at radius 1 is 0.812 bits per heavy atom. The molecule has 1 aromatic heterocycles. The molecule has 1 amide bonds. The summed E-state index contributed by atoms with van der Waals surface area (Å²) in [6.07, 6.45) is 3.06. The summed E-state index contributed by atoms with van der Waals surface area (Å²) in [5.74, 6) is 0.457. The molecule has 0 unspecified atom stereocenters. The third kappa shape index (κ3) is 4.47. The number of amides is 1. The normalized spacial score (nSPS) is 19.8. The summed E-state index contributed by atoms with van der Waals surface area (Å²) < 4.78 is 59.7. The summed E-state index contributed by atoms with van der Waals surface area (Å²) in [4.78, 5) is 14.1. The van der Waals surface area contributed by atoms with Gasteiger partial charge in [-0.15, -0.1) is 0 Å². The molecule has 0 bridgehead atoms. The molecule has 0 N–H and O–H groups in total. The molecule has 2 fully saturated rings. The second-order valence-corrected chi connectivity index (χ2v) is 12.1. The molecule has 1 aromatic carbocycles. The van der Waals surface area contributed by atoms with Crippen LogP contribution in [0.2, 0.25) is 0 Å². The molecule has 32 heavy (non-hydrogen) atoms. The lowest BCUT2D eigenvalue weighted by Crippen LogP contribution is -2.50. The Hall–Kier alpha value is -2.21. The quantitative estimate of drug-likeness (QED) is 0.645. The molecular formula is C21H27N3O6S2. The molecule has 0 atom stereocenters. The van der Waals surface area contributed by atoms with Gasteiger partial charge in [-0.1, -0.05) is 6.92 Å². The van der Waals surface area contributed by atoms with Crippen LogP contribution >= 0.6 is 0 Å². The summed E-state index contributed by atoms with van der Waals surface area (Å²) in [6, 6.07) is 8.60. The number of hydrogen-bond acceptors (Lipinski definition) is 6. The van der Waals surface area contributed by atoms with Crippen molar-refractivity contribution in [2.45, 2.75) is 29.6 Å². The number of sulfonamides is 2. The predicted molar refractivity (Wildman–Crippen MR) is 117 cm³/mol.